The van der Waals surface area contributed by atoms with Crippen LogP contribution < -0.4 is 5.32 Å². The number of hydrogen-bond acceptors (Lipinski definition) is 3. The first-order valence-electron chi connectivity index (χ1n) is 5.18. The van der Waals surface area contributed by atoms with Gasteiger partial charge in [-0.3, -0.25) is 10.1 Å². The molecule has 1 rings (SSSR count). The third-order valence-corrected chi connectivity index (χ3v) is 2.65. The summed E-state index contributed by atoms with van der Waals surface area (Å²) in [4.78, 5) is 10.4. The number of nitro groups is 1. The first kappa shape index (κ1) is 13.7. The van der Waals surface area contributed by atoms with E-state index in [-0.39, 0.29) is 10.6 Å². The van der Waals surface area contributed by atoms with Gasteiger partial charge in [-0.15, -0.1) is 11.8 Å². The van der Waals surface area contributed by atoms with E-state index in [1.807, 2.05) is 0 Å². The molecule has 0 aliphatic heterocycles. The van der Waals surface area contributed by atoms with E-state index >= 15 is 0 Å². The molecule has 0 spiro atoms. The van der Waals surface area contributed by atoms with E-state index in [1.54, 1.807) is 19.1 Å². The van der Waals surface area contributed by atoms with Crippen molar-refractivity contribution >= 4 is 21.6 Å². The van der Waals surface area contributed by atoms with Gasteiger partial charge >= 0.3 is 0 Å². The van der Waals surface area contributed by atoms with Gasteiger partial charge in [0.1, 0.15) is 0 Å². The van der Waals surface area contributed by atoms with Gasteiger partial charge in [0.05, 0.1) is 4.92 Å². The SMILES string of the molecule is CC#CCCNCc1cc(Br)ccc1[N+](=O)[O-]. The number of rotatable bonds is 5. The van der Waals surface area contributed by atoms with Crippen molar-refractivity contribution in [1.82, 2.24) is 5.32 Å². The summed E-state index contributed by atoms with van der Waals surface area (Å²) < 4.78 is 0.841. The quantitative estimate of drug-likeness (QED) is 0.393. The molecule has 0 saturated carbocycles. The lowest BCUT2D eigenvalue weighted by Gasteiger charge is -2.04. The maximum Gasteiger partial charge on any atom is 0.273 e. The molecule has 0 radical (unpaired) electrons. The monoisotopic (exact) mass is 296 g/mol. The molecule has 1 aromatic carbocycles. The van der Waals surface area contributed by atoms with Crippen molar-refractivity contribution in [2.24, 2.45) is 0 Å². The Hall–Kier alpha value is -1.38. The summed E-state index contributed by atoms with van der Waals surface area (Å²) in [5, 5.41) is 13.9. The summed E-state index contributed by atoms with van der Waals surface area (Å²) in [6.07, 6.45) is 0.748. The summed E-state index contributed by atoms with van der Waals surface area (Å²) in [6, 6.07) is 4.94. The van der Waals surface area contributed by atoms with Crippen molar-refractivity contribution in [2.45, 2.75) is 19.9 Å². The molecule has 4 nitrogen and oxygen atoms in total. The van der Waals surface area contributed by atoms with Crippen molar-refractivity contribution < 1.29 is 4.92 Å². The van der Waals surface area contributed by atoms with Crippen LogP contribution in [0.4, 0.5) is 5.69 Å². The average Bonchev–Trinajstić information content (AvgIpc) is 2.28. The summed E-state index contributed by atoms with van der Waals surface area (Å²) >= 11 is 3.31. The van der Waals surface area contributed by atoms with E-state index in [2.05, 4.69) is 33.1 Å². The molecule has 0 heterocycles. The van der Waals surface area contributed by atoms with Crippen LogP contribution in [0, 0.1) is 22.0 Å². The Kier molecular flexibility index (Phi) is 5.67. The van der Waals surface area contributed by atoms with Crippen LogP contribution in [-0.2, 0) is 6.54 Å². The fourth-order valence-electron chi connectivity index (χ4n) is 1.37. The third-order valence-electron chi connectivity index (χ3n) is 2.16. The number of halogens is 1. The van der Waals surface area contributed by atoms with Gasteiger partial charge in [0, 0.05) is 35.6 Å². The fraction of sp³-hybridized carbons (Fsp3) is 0.333. The molecule has 0 aromatic heterocycles. The van der Waals surface area contributed by atoms with Gasteiger partial charge in [-0.05, 0) is 19.1 Å². The smallest absolute Gasteiger partial charge is 0.273 e. The van der Waals surface area contributed by atoms with E-state index in [0.29, 0.717) is 12.1 Å². The van der Waals surface area contributed by atoms with Crippen LogP contribution in [-0.4, -0.2) is 11.5 Å². The van der Waals surface area contributed by atoms with E-state index < -0.39 is 0 Å². The Morgan fingerprint density at radius 1 is 1.53 bits per heavy atom. The summed E-state index contributed by atoms with van der Waals surface area (Å²) in [5.41, 5.74) is 0.816. The van der Waals surface area contributed by atoms with E-state index in [9.17, 15) is 10.1 Å². The van der Waals surface area contributed by atoms with Crippen molar-refractivity contribution in [3.63, 3.8) is 0 Å². The van der Waals surface area contributed by atoms with Gasteiger partial charge in [-0.1, -0.05) is 15.9 Å². The molecule has 17 heavy (non-hydrogen) atoms. The molecule has 0 unspecified atom stereocenters. The van der Waals surface area contributed by atoms with Crippen molar-refractivity contribution in [3.05, 3.63) is 38.3 Å². The van der Waals surface area contributed by atoms with Crippen LogP contribution in [0.15, 0.2) is 22.7 Å². The number of nitro benzene ring substituents is 1. The Balaban J connectivity index is 2.64. The van der Waals surface area contributed by atoms with Crippen molar-refractivity contribution in [3.8, 4) is 11.8 Å². The molecule has 0 saturated heterocycles. The van der Waals surface area contributed by atoms with Gasteiger partial charge in [-0.25, -0.2) is 0 Å². The molecule has 0 aliphatic rings. The second-order valence-corrected chi connectivity index (χ2v) is 4.30. The zero-order valence-electron chi connectivity index (χ0n) is 9.50. The Morgan fingerprint density at radius 3 is 2.94 bits per heavy atom. The molecule has 0 atom stereocenters. The molecular formula is C12H13BrN2O2. The van der Waals surface area contributed by atoms with E-state index in [1.165, 1.54) is 6.07 Å². The normalized spacial score (nSPS) is 9.53. The largest absolute Gasteiger partial charge is 0.311 e. The van der Waals surface area contributed by atoms with Gasteiger partial charge < -0.3 is 5.32 Å². The van der Waals surface area contributed by atoms with E-state index in [4.69, 9.17) is 0 Å². The van der Waals surface area contributed by atoms with Crippen LogP contribution in [0.2, 0.25) is 0 Å². The number of hydrogen-bond donors (Lipinski definition) is 1. The number of nitrogens with zero attached hydrogens (tertiary/aromatic N) is 1. The molecule has 0 fully saturated rings. The highest BCUT2D eigenvalue weighted by Gasteiger charge is 2.12. The Bertz CT molecular complexity index is 463. The van der Waals surface area contributed by atoms with Crippen LogP contribution >= 0.6 is 15.9 Å². The Morgan fingerprint density at radius 2 is 2.29 bits per heavy atom. The standard InChI is InChI=1S/C12H13BrN2O2/c1-2-3-4-7-14-9-10-8-11(13)5-6-12(10)15(16)17/h5-6,8,14H,4,7,9H2,1H3. The summed E-state index contributed by atoms with van der Waals surface area (Å²) in [7, 11) is 0. The maximum atomic E-state index is 10.8. The maximum absolute atomic E-state index is 10.8. The first-order chi connectivity index (χ1) is 8.15. The molecule has 5 heteroatoms. The molecule has 1 N–H and O–H groups in total. The molecule has 0 aliphatic carbocycles. The molecule has 0 amide bonds. The average molecular weight is 297 g/mol. The zero-order chi connectivity index (χ0) is 12.7. The molecule has 90 valence electrons. The van der Waals surface area contributed by atoms with Gasteiger partial charge in [0.2, 0.25) is 0 Å². The van der Waals surface area contributed by atoms with Crippen molar-refractivity contribution in [2.75, 3.05) is 6.54 Å². The lowest BCUT2D eigenvalue weighted by atomic mass is 10.2. The van der Waals surface area contributed by atoms with Gasteiger partial charge in [-0.2, -0.15) is 0 Å². The second kappa shape index (κ2) is 7.05. The minimum atomic E-state index is -0.366. The highest BCUT2D eigenvalue weighted by Crippen LogP contribution is 2.22. The van der Waals surface area contributed by atoms with E-state index in [0.717, 1.165) is 17.4 Å². The Labute approximate surface area is 109 Å². The molecule has 1 aromatic rings. The minimum absolute atomic E-state index is 0.141. The third kappa shape index (κ3) is 4.55. The summed E-state index contributed by atoms with van der Waals surface area (Å²) in [5.74, 6) is 5.73. The molecular weight excluding hydrogens is 284 g/mol. The number of benzene rings is 1. The lowest BCUT2D eigenvalue weighted by molar-refractivity contribution is -0.385. The van der Waals surface area contributed by atoms with Crippen molar-refractivity contribution in [1.29, 1.82) is 0 Å². The topological polar surface area (TPSA) is 55.2 Å². The van der Waals surface area contributed by atoms with Gasteiger partial charge in [0.15, 0.2) is 0 Å². The van der Waals surface area contributed by atoms with Crippen LogP contribution in [0.5, 0.6) is 0 Å². The highest BCUT2D eigenvalue weighted by atomic mass is 79.9. The van der Waals surface area contributed by atoms with Crippen LogP contribution in [0.1, 0.15) is 18.9 Å². The second-order valence-electron chi connectivity index (χ2n) is 3.38. The first-order valence-corrected chi connectivity index (χ1v) is 5.97. The fourth-order valence-corrected chi connectivity index (χ4v) is 1.78. The minimum Gasteiger partial charge on any atom is -0.311 e. The predicted molar refractivity (Wildman–Crippen MR) is 70.6 cm³/mol. The molecule has 0 bridgehead atoms. The predicted octanol–water partition coefficient (Wildman–Crippen LogP) is 2.86. The lowest BCUT2D eigenvalue weighted by Crippen LogP contribution is -2.15. The zero-order valence-corrected chi connectivity index (χ0v) is 11.1. The summed E-state index contributed by atoms with van der Waals surface area (Å²) in [6.45, 7) is 2.99. The number of nitrogens with one attached hydrogen (secondary N) is 1. The van der Waals surface area contributed by atoms with Gasteiger partial charge in [0.25, 0.3) is 5.69 Å². The van der Waals surface area contributed by atoms with Crippen LogP contribution in [0.3, 0.4) is 0 Å². The highest BCUT2D eigenvalue weighted by molar-refractivity contribution is 9.10. The van der Waals surface area contributed by atoms with Crippen LogP contribution in [0.25, 0.3) is 0 Å².